The minimum absolute atomic E-state index is 0.228. The van der Waals surface area contributed by atoms with E-state index in [1.807, 2.05) is 12.1 Å². The molecule has 0 aliphatic heterocycles. The van der Waals surface area contributed by atoms with Gasteiger partial charge in [-0.1, -0.05) is 25.8 Å². The molecule has 0 radical (unpaired) electrons. The van der Waals surface area contributed by atoms with Crippen LogP contribution in [-0.2, 0) is 6.42 Å². The average Bonchev–Trinajstić information content (AvgIpc) is 2.47. The lowest BCUT2D eigenvalue weighted by Crippen LogP contribution is -2.40. The van der Waals surface area contributed by atoms with Crippen LogP contribution in [0.5, 0.6) is 5.75 Å². The van der Waals surface area contributed by atoms with Crippen LogP contribution in [-0.4, -0.2) is 36.8 Å². The fourth-order valence-corrected chi connectivity index (χ4v) is 3.11. The summed E-state index contributed by atoms with van der Waals surface area (Å²) in [5.74, 6) is 0.831. The second-order valence-corrected chi connectivity index (χ2v) is 5.80. The number of hydrogen-bond acceptors (Lipinski definition) is 3. The van der Waals surface area contributed by atoms with Crippen LogP contribution < -0.4 is 4.74 Å². The van der Waals surface area contributed by atoms with Crippen LogP contribution >= 0.6 is 0 Å². The molecule has 3 heteroatoms. The molecule has 1 aromatic carbocycles. The van der Waals surface area contributed by atoms with E-state index in [1.165, 1.54) is 24.8 Å². The Kier molecular flexibility index (Phi) is 5.44. The second kappa shape index (κ2) is 7.09. The van der Waals surface area contributed by atoms with Crippen LogP contribution in [0.25, 0.3) is 0 Å². The summed E-state index contributed by atoms with van der Waals surface area (Å²) in [6.07, 6.45) is 5.38. The van der Waals surface area contributed by atoms with Gasteiger partial charge in [0, 0.05) is 6.04 Å². The summed E-state index contributed by atoms with van der Waals surface area (Å²) in [6, 6.07) is 6.29. The molecule has 0 heterocycles. The number of unbranched alkanes of at least 4 members (excludes halogenated alkanes) is 2. The minimum atomic E-state index is -0.402. The van der Waals surface area contributed by atoms with Crippen LogP contribution in [0, 0.1) is 0 Å². The third kappa shape index (κ3) is 3.33. The predicted octanol–water partition coefficient (Wildman–Crippen LogP) is 3.17. The van der Waals surface area contributed by atoms with Crippen molar-refractivity contribution >= 4 is 0 Å². The highest BCUT2D eigenvalue weighted by Gasteiger charge is 2.30. The van der Waals surface area contributed by atoms with Gasteiger partial charge in [-0.15, -0.1) is 0 Å². The van der Waals surface area contributed by atoms with Crippen LogP contribution in [0.3, 0.4) is 0 Å². The van der Waals surface area contributed by atoms with Crippen LogP contribution in [0.1, 0.15) is 49.8 Å². The summed E-state index contributed by atoms with van der Waals surface area (Å²) in [5.41, 5.74) is 2.31. The van der Waals surface area contributed by atoms with Gasteiger partial charge in [0.05, 0.1) is 13.2 Å². The molecule has 2 rings (SSSR count). The number of fused-ring (bicyclic) bond motifs is 1. The standard InChI is InChI=1S/C17H27NO2/c1-4-5-6-11-18(2)16-10-8-13-7-9-14(20-3)12-15(13)17(16)19/h7,9,12,16-17,19H,4-6,8,10-11H2,1-3H3. The lowest BCUT2D eigenvalue weighted by molar-refractivity contribution is 0.0490. The maximum absolute atomic E-state index is 10.7. The summed E-state index contributed by atoms with van der Waals surface area (Å²) in [6.45, 7) is 3.28. The molecule has 2 unspecified atom stereocenters. The zero-order valence-corrected chi connectivity index (χ0v) is 12.9. The number of likely N-dealkylation sites (N-methyl/N-ethyl adjacent to an activating group) is 1. The Bertz CT molecular complexity index is 433. The molecule has 0 aromatic heterocycles. The topological polar surface area (TPSA) is 32.7 Å². The molecule has 0 saturated heterocycles. The van der Waals surface area contributed by atoms with E-state index in [-0.39, 0.29) is 6.04 Å². The number of aliphatic hydroxyl groups is 1. The highest BCUT2D eigenvalue weighted by Crippen LogP contribution is 2.34. The zero-order chi connectivity index (χ0) is 14.5. The van der Waals surface area contributed by atoms with Crippen molar-refractivity contribution in [2.75, 3.05) is 20.7 Å². The van der Waals surface area contributed by atoms with E-state index in [2.05, 4.69) is 24.9 Å². The summed E-state index contributed by atoms with van der Waals surface area (Å²) >= 11 is 0. The van der Waals surface area contributed by atoms with Gasteiger partial charge in [-0.3, -0.25) is 0 Å². The number of methoxy groups -OCH3 is 1. The van der Waals surface area contributed by atoms with Gasteiger partial charge in [0.15, 0.2) is 0 Å². The molecule has 2 atom stereocenters. The molecule has 1 aromatic rings. The van der Waals surface area contributed by atoms with Gasteiger partial charge >= 0.3 is 0 Å². The first-order valence-corrected chi connectivity index (χ1v) is 7.72. The van der Waals surface area contributed by atoms with Gasteiger partial charge < -0.3 is 14.7 Å². The number of hydrogen-bond donors (Lipinski definition) is 1. The van der Waals surface area contributed by atoms with Crippen molar-refractivity contribution in [2.45, 2.75) is 51.2 Å². The molecule has 0 saturated carbocycles. The average molecular weight is 277 g/mol. The largest absolute Gasteiger partial charge is 0.497 e. The molecule has 1 N–H and O–H groups in total. The zero-order valence-electron chi connectivity index (χ0n) is 12.9. The van der Waals surface area contributed by atoms with Gasteiger partial charge in [0.2, 0.25) is 0 Å². The number of nitrogens with zero attached hydrogens (tertiary/aromatic N) is 1. The van der Waals surface area contributed by atoms with E-state index in [1.54, 1.807) is 7.11 Å². The molecule has 0 spiro atoms. The molecular formula is C17H27NO2. The smallest absolute Gasteiger partial charge is 0.119 e. The van der Waals surface area contributed by atoms with Crippen molar-refractivity contribution in [1.29, 1.82) is 0 Å². The summed E-state index contributed by atoms with van der Waals surface area (Å²) in [7, 11) is 3.81. The van der Waals surface area contributed by atoms with Crippen molar-refractivity contribution in [1.82, 2.24) is 4.90 Å². The molecule has 112 valence electrons. The Balaban J connectivity index is 2.07. The first kappa shape index (κ1) is 15.3. The lowest BCUT2D eigenvalue weighted by atomic mass is 9.85. The van der Waals surface area contributed by atoms with E-state index in [0.717, 1.165) is 30.7 Å². The van der Waals surface area contributed by atoms with Crippen molar-refractivity contribution in [3.63, 3.8) is 0 Å². The first-order valence-electron chi connectivity index (χ1n) is 7.72. The number of aliphatic hydroxyl groups excluding tert-OH is 1. The van der Waals surface area contributed by atoms with Gasteiger partial charge in [0.25, 0.3) is 0 Å². The van der Waals surface area contributed by atoms with Crippen molar-refractivity contribution in [3.8, 4) is 5.75 Å². The molecule has 0 bridgehead atoms. The quantitative estimate of drug-likeness (QED) is 0.811. The number of rotatable bonds is 6. The first-order chi connectivity index (χ1) is 9.67. The van der Waals surface area contributed by atoms with Crippen molar-refractivity contribution < 1.29 is 9.84 Å². The molecule has 0 amide bonds. The van der Waals surface area contributed by atoms with E-state index in [0.29, 0.717) is 0 Å². The fourth-order valence-electron chi connectivity index (χ4n) is 3.11. The van der Waals surface area contributed by atoms with E-state index >= 15 is 0 Å². The maximum atomic E-state index is 10.7. The summed E-state index contributed by atoms with van der Waals surface area (Å²) < 4.78 is 5.28. The number of aryl methyl sites for hydroxylation is 1. The van der Waals surface area contributed by atoms with E-state index < -0.39 is 6.10 Å². The summed E-state index contributed by atoms with van der Waals surface area (Å²) in [4.78, 5) is 2.32. The SMILES string of the molecule is CCCCCN(C)C1CCc2ccc(OC)cc2C1O. The van der Waals surface area contributed by atoms with Crippen molar-refractivity contribution in [2.24, 2.45) is 0 Å². The van der Waals surface area contributed by atoms with Crippen LogP contribution in [0.2, 0.25) is 0 Å². The monoisotopic (exact) mass is 277 g/mol. The summed E-state index contributed by atoms with van der Waals surface area (Å²) in [5, 5.41) is 10.7. The second-order valence-electron chi connectivity index (χ2n) is 5.80. The Morgan fingerprint density at radius 3 is 2.85 bits per heavy atom. The minimum Gasteiger partial charge on any atom is -0.497 e. The van der Waals surface area contributed by atoms with Crippen molar-refractivity contribution in [3.05, 3.63) is 29.3 Å². The number of benzene rings is 1. The molecule has 3 nitrogen and oxygen atoms in total. The fraction of sp³-hybridized carbons (Fsp3) is 0.647. The highest BCUT2D eigenvalue weighted by molar-refractivity contribution is 5.39. The third-order valence-corrected chi connectivity index (χ3v) is 4.43. The maximum Gasteiger partial charge on any atom is 0.119 e. The Hall–Kier alpha value is -1.06. The predicted molar refractivity (Wildman–Crippen MR) is 82.2 cm³/mol. The number of ether oxygens (including phenoxy) is 1. The van der Waals surface area contributed by atoms with E-state index in [4.69, 9.17) is 4.74 Å². The van der Waals surface area contributed by atoms with Gasteiger partial charge in [-0.25, -0.2) is 0 Å². The Morgan fingerprint density at radius 1 is 1.35 bits per heavy atom. The molecule has 1 aliphatic rings. The third-order valence-electron chi connectivity index (χ3n) is 4.43. The normalized spacial score (nSPS) is 21.9. The molecule has 20 heavy (non-hydrogen) atoms. The Morgan fingerprint density at radius 2 is 2.15 bits per heavy atom. The lowest BCUT2D eigenvalue weighted by Gasteiger charge is -2.36. The Labute approximate surface area is 122 Å². The molecular weight excluding hydrogens is 250 g/mol. The van der Waals surface area contributed by atoms with Crippen LogP contribution in [0.15, 0.2) is 18.2 Å². The van der Waals surface area contributed by atoms with Crippen LogP contribution in [0.4, 0.5) is 0 Å². The van der Waals surface area contributed by atoms with Gasteiger partial charge in [0.1, 0.15) is 5.75 Å². The van der Waals surface area contributed by atoms with Gasteiger partial charge in [-0.2, -0.15) is 0 Å². The molecule has 0 fully saturated rings. The molecule has 1 aliphatic carbocycles. The highest BCUT2D eigenvalue weighted by atomic mass is 16.5. The van der Waals surface area contributed by atoms with Gasteiger partial charge in [-0.05, 0) is 56.1 Å². The van der Waals surface area contributed by atoms with E-state index in [9.17, 15) is 5.11 Å².